The fourth-order valence-corrected chi connectivity index (χ4v) is 4.09. The second kappa shape index (κ2) is 9.62. The van der Waals surface area contributed by atoms with Gasteiger partial charge in [-0.05, 0) is 49.2 Å². The van der Waals surface area contributed by atoms with Gasteiger partial charge in [0.2, 0.25) is 11.8 Å². The van der Waals surface area contributed by atoms with Crippen LogP contribution in [-0.2, 0) is 19.1 Å². The van der Waals surface area contributed by atoms with E-state index >= 15 is 0 Å². The molecule has 1 saturated carbocycles. The van der Waals surface area contributed by atoms with Crippen molar-refractivity contribution in [3.63, 3.8) is 0 Å². The molecule has 2 aliphatic rings. The SMILES string of the molecule is O=C(Nc1ccc(N2CCOCC2=O)cc1)[C@H]1C[C@@H](F)C[C@@H]1C(=O)Nc1ccc(Cl)cn1. The molecular weight excluding hydrogens is 439 g/mol. The van der Waals surface area contributed by atoms with Crippen LogP contribution in [0.4, 0.5) is 21.6 Å². The Labute approximate surface area is 189 Å². The number of halogens is 2. The number of anilines is 3. The lowest BCUT2D eigenvalue weighted by Gasteiger charge is -2.27. The van der Waals surface area contributed by atoms with Gasteiger partial charge in [-0.25, -0.2) is 9.37 Å². The standard InChI is InChI=1S/C22H22ClFN4O4/c23-13-1-6-19(25-11-13)27-22(31)18-10-14(24)9-17(18)21(30)26-15-2-4-16(5-3-15)28-7-8-32-12-20(28)29/h1-6,11,14,17-18H,7-10,12H2,(H,26,30)(H,25,27,31)/t14-,17+,18+/m1/s1. The Bertz CT molecular complexity index is 1000. The average molecular weight is 461 g/mol. The summed E-state index contributed by atoms with van der Waals surface area (Å²) in [6.45, 7) is 0.967. The number of benzene rings is 1. The van der Waals surface area contributed by atoms with Gasteiger partial charge in [-0.3, -0.25) is 14.4 Å². The third kappa shape index (κ3) is 5.05. The average Bonchev–Trinajstić information content (AvgIpc) is 3.18. The van der Waals surface area contributed by atoms with E-state index in [2.05, 4.69) is 15.6 Å². The van der Waals surface area contributed by atoms with Crippen molar-refractivity contribution in [1.82, 2.24) is 4.98 Å². The summed E-state index contributed by atoms with van der Waals surface area (Å²) in [4.78, 5) is 43.1. The van der Waals surface area contributed by atoms with Crippen LogP contribution in [0.3, 0.4) is 0 Å². The van der Waals surface area contributed by atoms with Gasteiger partial charge in [-0.1, -0.05) is 11.6 Å². The number of carbonyl (C=O) groups excluding carboxylic acids is 3. The van der Waals surface area contributed by atoms with Gasteiger partial charge in [0.15, 0.2) is 0 Å². The van der Waals surface area contributed by atoms with E-state index in [1.165, 1.54) is 12.3 Å². The molecule has 0 bridgehead atoms. The number of hydrogen-bond donors (Lipinski definition) is 2. The topological polar surface area (TPSA) is 101 Å². The van der Waals surface area contributed by atoms with Crippen LogP contribution in [0.1, 0.15) is 12.8 Å². The van der Waals surface area contributed by atoms with E-state index in [1.54, 1.807) is 35.2 Å². The van der Waals surface area contributed by atoms with Crippen LogP contribution < -0.4 is 15.5 Å². The van der Waals surface area contributed by atoms with Gasteiger partial charge in [0.25, 0.3) is 5.91 Å². The molecule has 2 aromatic rings. The predicted molar refractivity (Wildman–Crippen MR) is 117 cm³/mol. The van der Waals surface area contributed by atoms with Crippen molar-refractivity contribution in [2.24, 2.45) is 11.8 Å². The summed E-state index contributed by atoms with van der Waals surface area (Å²) in [5.74, 6) is -2.34. The fraction of sp³-hybridized carbons (Fsp3) is 0.364. The molecule has 0 unspecified atom stereocenters. The minimum atomic E-state index is -1.24. The van der Waals surface area contributed by atoms with Crippen LogP contribution in [-0.4, -0.2) is 48.6 Å². The zero-order valence-corrected chi connectivity index (χ0v) is 17.8. The Balaban J connectivity index is 1.40. The third-order valence-electron chi connectivity index (χ3n) is 5.59. The molecule has 4 rings (SSSR count). The fourth-order valence-electron chi connectivity index (χ4n) is 3.97. The maximum Gasteiger partial charge on any atom is 0.253 e. The summed E-state index contributed by atoms with van der Waals surface area (Å²) < 4.78 is 19.3. The van der Waals surface area contributed by atoms with Crippen LogP contribution in [0.2, 0.25) is 5.02 Å². The van der Waals surface area contributed by atoms with Crippen molar-refractivity contribution in [3.05, 3.63) is 47.6 Å². The zero-order chi connectivity index (χ0) is 22.7. The zero-order valence-electron chi connectivity index (χ0n) is 17.1. The van der Waals surface area contributed by atoms with E-state index in [4.69, 9.17) is 16.3 Å². The van der Waals surface area contributed by atoms with E-state index in [0.29, 0.717) is 29.5 Å². The Kier molecular flexibility index (Phi) is 6.66. The predicted octanol–water partition coefficient (Wildman–Crippen LogP) is 3.04. The number of carbonyl (C=O) groups is 3. The number of alkyl halides is 1. The first-order valence-corrected chi connectivity index (χ1v) is 10.6. The number of ether oxygens (including phenoxy) is 1. The molecule has 1 aliphatic carbocycles. The smallest absolute Gasteiger partial charge is 0.253 e. The van der Waals surface area contributed by atoms with Crippen LogP contribution in [0.15, 0.2) is 42.6 Å². The summed E-state index contributed by atoms with van der Waals surface area (Å²) >= 11 is 5.79. The van der Waals surface area contributed by atoms with E-state index < -0.39 is 29.8 Å². The Morgan fingerprint density at radius 2 is 1.75 bits per heavy atom. The van der Waals surface area contributed by atoms with Crippen molar-refractivity contribution in [3.8, 4) is 0 Å². The first-order chi connectivity index (χ1) is 15.4. The van der Waals surface area contributed by atoms with Crippen molar-refractivity contribution in [1.29, 1.82) is 0 Å². The molecule has 3 amide bonds. The number of hydrogen-bond acceptors (Lipinski definition) is 5. The van der Waals surface area contributed by atoms with Gasteiger partial charge in [0.1, 0.15) is 18.6 Å². The second-order valence-corrected chi connectivity index (χ2v) is 8.20. The number of amides is 3. The van der Waals surface area contributed by atoms with E-state index in [9.17, 15) is 18.8 Å². The second-order valence-electron chi connectivity index (χ2n) is 7.77. The molecular formula is C22H22ClFN4O4. The molecule has 1 aromatic heterocycles. The number of aromatic nitrogens is 1. The Hall–Kier alpha value is -3.04. The monoisotopic (exact) mass is 460 g/mol. The van der Waals surface area contributed by atoms with Gasteiger partial charge in [-0.2, -0.15) is 0 Å². The first-order valence-electron chi connectivity index (χ1n) is 10.3. The third-order valence-corrected chi connectivity index (χ3v) is 5.81. The molecule has 32 heavy (non-hydrogen) atoms. The summed E-state index contributed by atoms with van der Waals surface area (Å²) in [6.07, 6.45) is 0.0881. The number of nitrogens with zero attached hydrogens (tertiary/aromatic N) is 2. The first kappa shape index (κ1) is 22.2. The quantitative estimate of drug-likeness (QED) is 0.714. The van der Waals surface area contributed by atoms with Crippen molar-refractivity contribution >= 4 is 46.5 Å². The Morgan fingerprint density at radius 1 is 1.06 bits per heavy atom. The van der Waals surface area contributed by atoms with Gasteiger partial charge >= 0.3 is 0 Å². The lowest BCUT2D eigenvalue weighted by atomic mass is 9.94. The minimum Gasteiger partial charge on any atom is -0.370 e. The molecule has 168 valence electrons. The molecule has 2 fully saturated rings. The summed E-state index contributed by atoms with van der Waals surface area (Å²) in [7, 11) is 0. The maximum absolute atomic E-state index is 14.1. The summed E-state index contributed by atoms with van der Waals surface area (Å²) in [6, 6.07) is 9.91. The Morgan fingerprint density at radius 3 is 2.38 bits per heavy atom. The molecule has 8 nitrogen and oxygen atoms in total. The van der Waals surface area contributed by atoms with Gasteiger partial charge in [-0.15, -0.1) is 0 Å². The van der Waals surface area contributed by atoms with E-state index in [1.807, 2.05) is 0 Å². The van der Waals surface area contributed by atoms with E-state index in [0.717, 1.165) is 0 Å². The van der Waals surface area contributed by atoms with Crippen LogP contribution >= 0.6 is 11.6 Å². The number of morpholine rings is 1. The van der Waals surface area contributed by atoms with Crippen molar-refractivity contribution in [2.45, 2.75) is 19.0 Å². The lowest BCUT2D eigenvalue weighted by molar-refractivity contribution is -0.128. The number of rotatable bonds is 5. The summed E-state index contributed by atoms with van der Waals surface area (Å²) in [5.41, 5.74) is 1.20. The van der Waals surface area contributed by atoms with Crippen LogP contribution in [0, 0.1) is 11.8 Å². The highest BCUT2D eigenvalue weighted by Gasteiger charge is 2.43. The van der Waals surface area contributed by atoms with E-state index in [-0.39, 0.29) is 31.2 Å². The molecule has 2 N–H and O–H groups in total. The number of pyridine rings is 1. The number of nitrogens with one attached hydrogen (secondary N) is 2. The molecule has 1 aliphatic heterocycles. The van der Waals surface area contributed by atoms with Crippen molar-refractivity contribution < 1.29 is 23.5 Å². The molecule has 3 atom stereocenters. The molecule has 0 radical (unpaired) electrons. The van der Waals surface area contributed by atoms with Gasteiger partial charge < -0.3 is 20.3 Å². The molecule has 1 saturated heterocycles. The van der Waals surface area contributed by atoms with Crippen LogP contribution in [0.5, 0.6) is 0 Å². The highest BCUT2D eigenvalue weighted by Crippen LogP contribution is 2.36. The molecule has 0 spiro atoms. The summed E-state index contributed by atoms with van der Waals surface area (Å²) in [5, 5.41) is 5.81. The highest BCUT2D eigenvalue weighted by atomic mass is 35.5. The highest BCUT2D eigenvalue weighted by molar-refractivity contribution is 6.30. The largest absolute Gasteiger partial charge is 0.370 e. The lowest BCUT2D eigenvalue weighted by Crippen LogP contribution is -2.41. The van der Waals surface area contributed by atoms with Gasteiger partial charge in [0, 0.05) is 24.1 Å². The molecule has 2 heterocycles. The molecule has 10 heteroatoms. The molecule has 1 aromatic carbocycles. The van der Waals surface area contributed by atoms with Gasteiger partial charge in [0.05, 0.1) is 23.5 Å². The van der Waals surface area contributed by atoms with Crippen LogP contribution in [0.25, 0.3) is 0 Å². The maximum atomic E-state index is 14.1. The normalized spacial score (nSPS) is 23.1. The minimum absolute atomic E-state index is 0.0294. The van der Waals surface area contributed by atoms with Crippen molar-refractivity contribution in [2.75, 3.05) is 35.3 Å².